The molecule has 0 aliphatic rings. The third-order valence-electron chi connectivity index (χ3n) is 3.02. The first-order valence-corrected chi connectivity index (χ1v) is 8.51. The molecule has 0 radical (unpaired) electrons. The Balaban J connectivity index is 1.98. The number of hydrogen-bond donors (Lipinski definition) is 2. The van der Waals surface area contributed by atoms with Crippen molar-refractivity contribution >= 4 is 37.3 Å². The van der Waals surface area contributed by atoms with Crippen LogP contribution < -0.4 is 4.72 Å². The second kappa shape index (κ2) is 5.44. The normalized spacial score (nSPS) is 11.7. The molecule has 0 spiro atoms. The van der Waals surface area contributed by atoms with E-state index in [1.807, 2.05) is 0 Å². The van der Waals surface area contributed by atoms with E-state index in [-0.39, 0.29) is 11.5 Å². The summed E-state index contributed by atoms with van der Waals surface area (Å²) in [4.78, 5) is 4.23. The van der Waals surface area contributed by atoms with Crippen LogP contribution in [0.1, 0.15) is 5.56 Å². The number of aliphatic hydroxyl groups is 1. The first kappa shape index (κ1) is 14.0. The lowest BCUT2D eigenvalue weighted by Gasteiger charge is -2.11. The third kappa shape index (κ3) is 2.76. The molecule has 0 atom stereocenters. The summed E-state index contributed by atoms with van der Waals surface area (Å²) in [6.07, 6.45) is 0. The van der Waals surface area contributed by atoms with E-state index in [1.165, 1.54) is 17.4 Å². The monoisotopic (exact) mass is 320 g/mol. The fourth-order valence-corrected chi connectivity index (χ4v) is 4.02. The second-order valence-electron chi connectivity index (χ2n) is 4.41. The minimum Gasteiger partial charge on any atom is -0.392 e. The molecular formula is C14H12N2O3S2. The molecular weight excluding hydrogens is 308 g/mol. The summed E-state index contributed by atoms with van der Waals surface area (Å²) in [6.45, 7) is -0.328. The minimum atomic E-state index is -3.73. The van der Waals surface area contributed by atoms with E-state index in [0.29, 0.717) is 11.3 Å². The van der Waals surface area contributed by atoms with Gasteiger partial charge in [0.15, 0.2) is 0 Å². The first-order chi connectivity index (χ1) is 10.1. The van der Waals surface area contributed by atoms with Gasteiger partial charge >= 0.3 is 0 Å². The average Bonchev–Trinajstić information content (AvgIpc) is 2.94. The van der Waals surface area contributed by atoms with Gasteiger partial charge in [0, 0.05) is 0 Å². The maximum absolute atomic E-state index is 12.4. The Labute approximate surface area is 125 Å². The highest BCUT2D eigenvalue weighted by Gasteiger charge is 2.18. The van der Waals surface area contributed by atoms with E-state index < -0.39 is 10.0 Å². The zero-order valence-corrected chi connectivity index (χ0v) is 12.5. The molecule has 0 aliphatic heterocycles. The van der Waals surface area contributed by atoms with Crippen LogP contribution in [0.3, 0.4) is 0 Å². The lowest BCUT2D eigenvalue weighted by molar-refractivity contribution is 0.278. The van der Waals surface area contributed by atoms with Gasteiger partial charge in [-0.1, -0.05) is 18.2 Å². The number of nitrogens with zero attached hydrogens (tertiary/aromatic N) is 1. The van der Waals surface area contributed by atoms with E-state index in [0.717, 1.165) is 10.2 Å². The number of hydrogen-bond acceptors (Lipinski definition) is 5. The average molecular weight is 320 g/mol. The second-order valence-corrected chi connectivity index (χ2v) is 6.94. The Morgan fingerprint density at radius 2 is 2.00 bits per heavy atom. The number of nitrogens with one attached hydrogen (secondary N) is 1. The van der Waals surface area contributed by atoms with Crippen LogP contribution in [-0.4, -0.2) is 18.5 Å². The summed E-state index contributed by atoms with van der Waals surface area (Å²) < 4.78 is 28.3. The number of benzene rings is 2. The van der Waals surface area contributed by atoms with Gasteiger partial charge in [0.2, 0.25) is 0 Å². The molecule has 0 unspecified atom stereocenters. The lowest BCUT2D eigenvalue weighted by Crippen LogP contribution is -2.15. The molecule has 108 valence electrons. The molecule has 21 heavy (non-hydrogen) atoms. The Morgan fingerprint density at radius 3 is 2.81 bits per heavy atom. The molecule has 2 N–H and O–H groups in total. The Morgan fingerprint density at radius 1 is 1.19 bits per heavy atom. The molecule has 0 saturated carbocycles. The van der Waals surface area contributed by atoms with Gasteiger partial charge < -0.3 is 5.11 Å². The summed E-state index contributed by atoms with van der Waals surface area (Å²) >= 11 is 1.45. The molecule has 3 rings (SSSR count). The summed E-state index contributed by atoms with van der Waals surface area (Å²) in [5.74, 6) is 0. The molecule has 2 aromatic carbocycles. The number of fused-ring (bicyclic) bond motifs is 1. The van der Waals surface area contributed by atoms with E-state index in [1.54, 1.807) is 41.9 Å². The number of anilines is 1. The quantitative estimate of drug-likeness (QED) is 0.774. The minimum absolute atomic E-state index is 0.0805. The molecule has 0 fully saturated rings. The van der Waals surface area contributed by atoms with Crippen molar-refractivity contribution in [1.82, 2.24) is 4.98 Å². The highest BCUT2D eigenvalue weighted by molar-refractivity contribution is 7.92. The van der Waals surface area contributed by atoms with E-state index in [2.05, 4.69) is 9.71 Å². The van der Waals surface area contributed by atoms with E-state index >= 15 is 0 Å². The number of thiazole rings is 1. The number of aliphatic hydroxyl groups excluding tert-OH is 1. The fraction of sp³-hybridized carbons (Fsp3) is 0.0714. The van der Waals surface area contributed by atoms with Crippen LogP contribution in [0.5, 0.6) is 0 Å². The van der Waals surface area contributed by atoms with Gasteiger partial charge in [-0.2, -0.15) is 0 Å². The SMILES string of the molecule is O=S(=O)(Nc1ccc2ncsc2c1)c1ccccc1CO. The molecule has 0 amide bonds. The van der Waals surface area contributed by atoms with Crippen LogP contribution in [0.2, 0.25) is 0 Å². The molecule has 3 aromatic rings. The van der Waals surface area contributed by atoms with Gasteiger partial charge in [0.05, 0.1) is 32.9 Å². The van der Waals surface area contributed by atoms with Crippen molar-refractivity contribution < 1.29 is 13.5 Å². The van der Waals surface area contributed by atoms with Crippen LogP contribution in [0.4, 0.5) is 5.69 Å². The zero-order valence-electron chi connectivity index (χ0n) is 10.9. The maximum atomic E-state index is 12.4. The summed E-state index contributed by atoms with van der Waals surface area (Å²) in [5, 5.41) is 9.26. The van der Waals surface area contributed by atoms with Gasteiger partial charge in [0.1, 0.15) is 0 Å². The standard InChI is InChI=1S/C14H12N2O3S2/c17-8-10-3-1-2-4-14(10)21(18,19)16-11-5-6-12-13(7-11)20-9-15-12/h1-7,9,16-17H,8H2. The van der Waals surface area contributed by atoms with Gasteiger partial charge in [-0.3, -0.25) is 4.72 Å². The predicted octanol–water partition coefficient (Wildman–Crippen LogP) is 2.59. The van der Waals surface area contributed by atoms with Crippen molar-refractivity contribution in [2.45, 2.75) is 11.5 Å². The van der Waals surface area contributed by atoms with Gasteiger partial charge in [-0.15, -0.1) is 11.3 Å². The van der Waals surface area contributed by atoms with Gasteiger partial charge in [0.25, 0.3) is 10.0 Å². The molecule has 7 heteroatoms. The van der Waals surface area contributed by atoms with Gasteiger partial charge in [-0.25, -0.2) is 13.4 Å². The Bertz CT molecular complexity index is 888. The van der Waals surface area contributed by atoms with Crippen molar-refractivity contribution in [3.8, 4) is 0 Å². The third-order valence-corrected chi connectivity index (χ3v) is 5.29. The summed E-state index contributed by atoms with van der Waals surface area (Å²) in [5.41, 5.74) is 3.38. The summed E-state index contributed by atoms with van der Waals surface area (Å²) in [7, 11) is -3.73. The molecule has 1 aromatic heterocycles. The van der Waals surface area contributed by atoms with E-state index in [9.17, 15) is 13.5 Å². The Kier molecular flexibility index (Phi) is 3.62. The van der Waals surface area contributed by atoms with Gasteiger partial charge in [-0.05, 0) is 29.8 Å². The van der Waals surface area contributed by atoms with Crippen molar-refractivity contribution in [2.24, 2.45) is 0 Å². The fourth-order valence-electron chi connectivity index (χ4n) is 2.03. The molecule has 1 heterocycles. The smallest absolute Gasteiger partial charge is 0.262 e. The predicted molar refractivity (Wildman–Crippen MR) is 82.8 cm³/mol. The number of aromatic nitrogens is 1. The lowest BCUT2D eigenvalue weighted by atomic mass is 10.2. The van der Waals surface area contributed by atoms with Crippen LogP contribution in [-0.2, 0) is 16.6 Å². The van der Waals surface area contributed by atoms with Crippen LogP contribution >= 0.6 is 11.3 Å². The molecule has 0 saturated heterocycles. The summed E-state index contributed by atoms with van der Waals surface area (Å²) in [6, 6.07) is 11.5. The number of rotatable bonds is 4. The molecule has 0 bridgehead atoms. The van der Waals surface area contributed by atoms with Crippen molar-refractivity contribution in [1.29, 1.82) is 0 Å². The Hall–Kier alpha value is -1.96. The van der Waals surface area contributed by atoms with Crippen LogP contribution in [0.25, 0.3) is 10.2 Å². The highest BCUT2D eigenvalue weighted by atomic mass is 32.2. The van der Waals surface area contributed by atoms with Crippen molar-refractivity contribution in [2.75, 3.05) is 4.72 Å². The van der Waals surface area contributed by atoms with Crippen LogP contribution in [0.15, 0.2) is 52.9 Å². The number of sulfonamides is 1. The largest absolute Gasteiger partial charge is 0.392 e. The van der Waals surface area contributed by atoms with Crippen LogP contribution in [0, 0.1) is 0 Å². The molecule has 5 nitrogen and oxygen atoms in total. The zero-order chi connectivity index (χ0) is 14.9. The topological polar surface area (TPSA) is 79.3 Å². The first-order valence-electron chi connectivity index (χ1n) is 6.15. The van der Waals surface area contributed by atoms with Crippen molar-refractivity contribution in [3.05, 3.63) is 53.5 Å². The molecule has 0 aliphatic carbocycles. The maximum Gasteiger partial charge on any atom is 0.262 e. The van der Waals surface area contributed by atoms with Crippen molar-refractivity contribution in [3.63, 3.8) is 0 Å². The highest BCUT2D eigenvalue weighted by Crippen LogP contribution is 2.24. The van der Waals surface area contributed by atoms with E-state index in [4.69, 9.17) is 0 Å².